The van der Waals surface area contributed by atoms with Crippen LogP contribution in [0.15, 0.2) is 34.9 Å². The van der Waals surface area contributed by atoms with Crippen LogP contribution in [-0.4, -0.2) is 9.78 Å². The van der Waals surface area contributed by atoms with E-state index in [0.29, 0.717) is 0 Å². The number of rotatable bonds is 4. The van der Waals surface area contributed by atoms with Crippen molar-refractivity contribution in [3.05, 3.63) is 51.8 Å². The second-order valence-corrected chi connectivity index (χ2v) is 5.83. The number of hydrogen-bond donors (Lipinski definition) is 1. The molecule has 2 atom stereocenters. The minimum Gasteiger partial charge on any atom is -0.303 e. The Bertz CT molecular complexity index is 562. The van der Waals surface area contributed by atoms with Gasteiger partial charge < -0.3 is 5.32 Å². The van der Waals surface area contributed by atoms with Gasteiger partial charge in [0.1, 0.15) is 0 Å². The number of nitrogens with zero attached hydrogens (tertiary/aromatic N) is 2. The van der Waals surface area contributed by atoms with Gasteiger partial charge in [-0.3, -0.25) is 4.68 Å². The summed E-state index contributed by atoms with van der Waals surface area (Å²) in [6.45, 7) is 6.41. The molecule has 0 bridgehead atoms. The zero-order valence-electron chi connectivity index (χ0n) is 11.8. The van der Waals surface area contributed by atoms with E-state index < -0.39 is 0 Å². The molecular formula is C15H20BrN3. The van der Waals surface area contributed by atoms with Gasteiger partial charge in [0.15, 0.2) is 0 Å². The number of halogens is 1. The number of aromatic nitrogens is 2. The Morgan fingerprint density at radius 3 is 2.37 bits per heavy atom. The first-order chi connectivity index (χ1) is 8.99. The first kappa shape index (κ1) is 14.3. The SMILES string of the molecule is Cc1nn(C)cc1C(C)NC(C)c1ccccc1Br. The summed E-state index contributed by atoms with van der Waals surface area (Å²) >= 11 is 3.61. The highest BCUT2D eigenvalue weighted by molar-refractivity contribution is 9.10. The molecule has 0 amide bonds. The van der Waals surface area contributed by atoms with E-state index in [0.717, 1.165) is 10.2 Å². The number of nitrogens with one attached hydrogen (secondary N) is 1. The van der Waals surface area contributed by atoms with Crippen LogP contribution in [0.5, 0.6) is 0 Å². The third kappa shape index (κ3) is 3.25. The maximum atomic E-state index is 4.40. The molecular weight excluding hydrogens is 302 g/mol. The fourth-order valence-electron chi connectivity index (χ4n) is 2.42. The van der Waals surface area contributed by atoms with Gasteiger partial charge in [-0.25, -0.2) is 0 Å². The van der Waals surface area contributed by atoms with Gasteiger partial charge in [-0.15, -0.1) is 0 Å². The van der Waals surface area contributed by atoms with Crippen molar-refractivity contribution >= 4 is 15.9 Å². The van der Waals surface area contributed by atoms with Gasteiger partial charge in [-0.2, -0.15) is 5.10 Å². The summed E-state index contributed by atoms with van der Waals surface area (Å²) in [7, 11) is 1.96. The van der Waals surface area contributed by atoms with Crippen LogP contribution >= 0.6 is 15.9 Å². The van der Waals surface area contributed by atoms with Crippen molar-refractivity contribution in [2.24, 2.45) is 7.05 Å². The fraction of sp³-hybridized carbons (Fsp3) is 0.400. The molecule has 2 rings (SSSR count). The Balaban J connectivity index is 2.13. The minimum atomic E-state index is 0.274. The molecule has 0 fully saturated rings. The van der Waals surface area contributed by atoms with Crippen molar-refractivity contribution < 1.29 is 0 Å². The van der Waals surface area contributed by atoms with Gasteiger partial charge in [-0.05, 0) is 32.4 Å². The lowest BCUT2D eigenvalue weighted by Gasteiger charge is -2.21. The fourth-order valence-corrected chi connectivity index (χ4v) is 3.05. The molecule has 0 spiro atoms. The Labute approximate surface area is 123 Å². The molecule has 1 N–H and O–H groups in total. The van der Waals surface area contributed by atoms with Crippen molar-refractivity contribution in [3.8, 4) is 0 Å². The first-order valence-corrected chi connectivity index (χ1v) is 7.29. The van der Waals surface area contributed by atoms with E-state index in [9.17, 15) is 0 Å². The van der Waals surface area contributed by atoms with Crippen molar-refractivity contribution in [1.29, 1.82) is 0 Å². The molecule has 19 heavy (non-hydrogen) atoms. The van der Waals surface area contributed by atoms with Crippen molar-refractivity contribution in [2.75, 3.05) is 0 Å². The van der Waals surface area contributed by atoms with E-state index in [1.165, 1.54) is 11.1 Å². The average molecular weight is 322 g/mol. The Morgan fingerprint density at radius 1 is 1.16 bits per heavy atom. The van der Waals surface area contributed by atoms with Crippen LogP contribution in [-0.2, 0) is 7.05 Å². The zero-order chi connectivity index (χ0) is 14.0. The first-order valence-electron chi connectivity index (χ1n) is 6.49. The summed E-state index contributed by atoms with van der Waals surface area (Å²) in [6.07, 6.45) is 2.08. The van der Waals surface area contributed by atoms with Crippen LogP contribution in [0.2, 0.25) is 0 Å². The molecule has 4 heteroatoms. The summed E-state index contributed by atoms with van der Waals surface area (Å²) < 4.78 is 3.01. The third-order valence-corrected chi connectivity index (χ3v) is 4.11. The van der Waals surface area contributed by atoms with Gasteiger partial charge in [0.05, 0.1) is 5.69 Å². The summed E-state index contributed by atoms with van der Waals surface area (Å²) in [6, 6.07) is 8.88. The lowest BCUT2D eigenvalue weighted by molar-refractivity contribution is 0.492. The maximum Gasteiger partial charge on any atom is 0.0641 e. The van der Waals surface area contributed by atoms with E-state index in [-0.39, 0.29) is 12.1 Å². The summed E-state index contributed by atoms with van der Waals surface area (Å²) in [5.74, 6) is 0. The van der Waals surface area contributed by atoms with Crippen LogP contribution in [0.1, 0.15) is 42.8 Å². The van der Waals surface area contributed by atoms with Crippen LogP contribution in [0.25, 0.3) is 0 Å². The highest BCUT2D eigenvalue weighted by atomic mass is 79.9. The van der Waals surface area contributed by atoms with Gasteiger partial charge in [0.2, 0.25) is 0 Å². The molecule has 1 aromatic carbocycles. The second-order valence-electron chi connectivity index (χ2n) is 4.98. The molecule has 2 aromatic rings. The van der Waals surface area contributed by atoms with E-state index >= 15 is 0 Å². The number of benzene rings is 1. The number of aryl methyl sites for hydroxylation is 2. The predicted octanol–water partition coefficient (Wildman–Crippen LogP) is 3.90. The monoisotopic (exact) mass is 321 g/mol. The quantitative estimate of drug-likeness (QED) is 0.925. The standard InChI is InChI=1S/C15H20BrN3/c1-10(13-7-5-6-8-15(13)16)17-11(2)14-9-19(4)18-12(14)3/h5-11,17H,1-4H3. The molecule has 0 radical (unpaired) electrons. The second kappa shape index (κ2) is 5.88. The molecule has 0 aliphatic heterocycles. The van der Waals surface area contributed by atoms with E-state index in [2.05, 4.69) is 71.5 Å². The molecule has 2 unspecified atom stereocenters. The van der Waals surface area contributed by atoms with Crippen molar-refractivity contribution in [3.63, 3.8) is 0 Å². The van der Waals surface area contributed by atoms with Crippen molar-refractivity contribution in [1.82, 2.24) is 15.1 Å². The third-order valence-electron chi connectivity index (χ3n) is 3.39. The summed E-state index contributed by atoms with van der Waals surface area (Å²) in [5, 5.41) is 8.02. The highest BCUT2D eigenvalue weighted by Crippen LogP contribution is 2.26. The van der Waals surface area contributed by atoms with E-state index in [1.807, 2.05) is 17.8 Å². The lowest BCUT2D eigenvalue weighted by atomic mass is 10.1. The van der Waals surface area contributed by atoms with Crippen LogP contribution < -0.4 is 5.32 Å². The van der Waals surface area contributed by atoms with Gasteiger partial charge in [-0.1, -0.05) is 34.1 Å². The normalized spacial score (nSPS) is 14.4. The molecule has 0 aliphatic rings. The van der Waals surface area contributed by atoms with Gasteiger partial charge in [0.25, 0.3) is 0 Å². The predicted molar refractivity (Wildman–Crippen MR) is 82.1 cm³/mol. The summed E-state index contributed by atoms with van der Waals surface area (Å²) in [5.41, 5.74) is 3.61. The highest BCUT2D eigenvalue weighted by Gasteiger charge is 2.16. The van der Waals surface area contributed by atoms with Gasteiger partial charge >= 0.3 is 0 Å². The van der Waals surface area contributed by atoms with Crippen LogP contribution in [0.4, 0.5) is 0 Å². The van der Waals surface area contributed by atoms with E-state index in [4.69, 9.17) is 0 Å². The van der Waals surface area contributed by atoms with E-state index in [1.54, 1.807) is 0 Å². The minimum absolute atomic E-state index is 0.274. The lowest BCUT2D eigenvalue weighted by Crippen LogP contribution is -2.23. The van der Waals surface area contributed by atoms with Gasteiger partial charge in [0, 0.05) is 35.4 Å². The number of hydrogen-bond acceptors (Lipinski definition) is 2. The average Bonchev–Trinajstić information content (AvgIpc) is 2.69. The maximum absolute atomic E-state index is 4.40. The van der Waals surface area contributed by atoms with Crippen LogP contribution in [0.3, 0.4) is 0 Å². The Hall–Kier alpha value is -1.13. The molecule has 102 valence electrons. The molecule has 0 aliphatic carbocycles. The largest absolute Gasteiger partial charge is 0.303 e. The summed E-state index contributed by atoms with van der Waals surface area (Å²) in [4.78, 5) is 0. The smallest absolute Gasteiger partial charge is 0.0641 e. The van der Waals surface area contributed by atoms with Crippen LogP contribution in [0, 0.1) is 6.92 Å². The molecule has 1 heterocycles. The molecule has 0 saturated heterocycles. The Kier molecular flexibility index (Phi) is 4.42. The topological polar surface area (TPSA) is 29.9 Å². The molecule has 0 saturated carbocycles. The Morgan fingerprint density at radius 2 is 1.79 bits per heavy atom. The van der Waals surface area contributed by atoms with Crippen molar-refractivity contribution in [2.45, 2.75) is 32.9 Å². The molecule has 1 aromatic heterocycles. The molecule has 3 nitrogen and oxygen atoms in total. The zero-order valence-corrected chi connectivity index (χ0v) is 13.4.